The number of rotatable bonds is 4. The van der Waals surface area contributed by atoms with E-state index in [9.17, 15) is 27.5 Å². The van der Waals surface area contributed by atoms with Gasteiger partial charge in [-0.25, -0.2) is 13.6 Å². The average Bonchev–Trinajstić information content (AvgIpc) is 2.27. The van der Waals surface area contributed by atoms with Gasteiger partial charge in [0.1, 0.15) is 23.4 Å². The number of benzene rings is 1. The lowest BCUT2D eigenvalue weighted by atomic mass is 9.99. The molecule has 8 heteroatoms. The topological polar surface area (TPSA) is 72.5 Å². The second-order valence-corrected chi connectivity index (χ2v) is 3.64. The first kappa shape index (κ1) is 15.2. The van der Waals surface area contributed by atoms with Crippen LogP contribution in [0.1, 0.15) is 18.5 Å². The lowest BCUT2D eigenvalue weighted by Crippen LogP contribution is -2.42. The predicted octanol–water partition coefficient (Wildman–Crippen LogP) is 1.87. The van der Waals surface area contributed by atoms with E-state index in [4.69, 9.17) is 5.73 Å². The highest BCUT2D eigenvalue weighted by Gasteiger charge is 2.49. The molecule has 0 aliphatic rings. The van der Waals surface area contributed by atoms with Gasteiger partial charge >= 0.3 is 11.9 Å². The monoisotopic (exact) mass is 281 g/mol. The lowest BCUT2D eigenvalue weighted by molar-refractivity contribution is -0.175. The Balaban J connectivity index is 3.19. The van der Waals surface area contributed by atoms with E-state index in [1.165, 1.54) is 6.92 Å². The van der Waals surface area contributed by atoms with Gasteiger partial charge in [0.2, 0.25) is 0 Å². The molecule has 106 valence electrons. The Morgan fingerprint density at radius 3 is 2.53 bits per heavy atom. The molecule has 0 amide bonds. The molecule has 0 radical (unpaired) electrons. The highest BCUT2D eigenvalue weighted by Crippen LogP contribution is 2.36. The van der Waals surface area contributed by atoms with Gasteiger partial charge in [-0.3, -0.25) is 0 Å². The van der Waals surface area contributed by atoms with Crippen LogP contribution in [-0.4, -0.2) is 23.6 Å². The van der Waals surface area contributed by atoms with E-state index < -0.39 is 40.9 Å². The summed E-state index contributed by atoms with van der Waals surface area (Å²) in [5.41, 5.74) is 4.03. The maximum atomic E-state index is 13.6. The van der Waals surface area contributed by atoms with Crippen molar-refractivity contribution < 1.29 is 32.2 Å². The van der Waals surface area contributed by atoms with Crippen LogP contribution in [0.25, 0.3) is 0 Å². The van der Waals surface area contributed by atoms with Crippen LogP contribution in [0.2, 0.25) is 0 Å². The number of hydrogen-bond acceptors (Lipinski definition) is 4. The van der Waals surface area contributed by atoms with Crippen molar-refractivity contribution in [3.8, 4) is 5.75 Å². The molecule has 0 aliphatic carbocycles. The molecule has 1 rings (SSSR count). The van der Waals surface area contributed by atoms with Crippen molar-refractivity contribution in [3.05, 3.63) is 29.3 Å². The maximum absolute atomic E-state index is 13.6. The summed E-state index contributed by atoms with van der Waals surface area (Å²) in [6.45, 7) is 0.981. The van der Waals surface area contributed by atoms with Crippen LogP contribution in [0.4, 0.5) is 17.6 Å². The zero-order valence-corrected chi connectivity index (χ0v) is 9.79. The summed E-state index contributed by atoms with van der Waals surface area (Å²) in [4.78, 5) is 11.0. The van der Waals surface area contributed by atoms with Gasteiger partial charge in [-0.15, -0.1) is 0 Å². The van der Waals surface area contributed by atoms with Crippen molar-refractivity contribution in [2.75, 3.05) is 6.61 Å². The summed E-state index contributed by atoms with van der Waals surface area (Å²) in [6, 6.07) is -1.80. The molecule has 4 nitrogen and oxygen atoms in total. The number of alkyl halides is 2. The van der Waals surface area contributed by atoms with Gasteiger partial charge in [0.25, 0.3) is 0 Å². The van der Waals surface area contributed by atoms with E-state index in [2.05, 4.69) is 4.74 Å². The van der Waals surface area contributed by atoms with E-state index in [0.29, 0.717) is 6.07 Å². The van der Waals surface area contributed by atoms with Crippen molar-refractivity contribution in [3.63, 3.8) is 0 Å². The van der Waals surface area contributed by atoms with Crippen LogP contribution >= 0.6 is 0 Å². The van der Waals surface area contributed by atoms with Crippen LogP contribution in [0.3, 0.4) is 0 Å². The van der Waals surface area contributed by atoms with Crippen molar-refractivity contribution in [2.24, 2.45) is 5.73 Å². The highest BCUT2D eigenvalue weighted by molar-refractivity contribution is 5.79. The summed E-state index contributed by atoms with van der Waals surface area (Å²) in [5, 5.41) is 9.27. The number of halogens is 4. The Morgan fingerprint density at radius 1 is 1.47 bits per heavy atom. The van der Waals surface area contributed by atoms with Gasteiger partial charge < -0.3 is 15.6 Å². The fourth-order valence-corrected chi connectivity index (χ4v) is 1.41. The van der Waals surface area contributed by atoms with E-state index in [0.717, 1.165) is 0 Å². The zero-order chi connectivity index (χ0) is 14.8. The molecular weight excluding hydrogens is 270 g/mol. The van der Waals surface area contributed by atoms with Gasteiger partial charge in [-0.1, -0.05) is 0 Å². The number of aromatic hydroxyl groups is 1. The van der Waals surface area contributed by atoms with E-state index in [-0.39, 0.29) is 12.7 Å². The van der Waals surface area contributed by atoms with Crippen molar-refractivity contribution in [2.45, 2.75) is 18.9 Å². The van der Waals surface area contributed by atoms with E-state index >= 15 is 0 Å². The Bertz CT molecular complexity index is 470. The molecule has 0 aliphatic heterocycles. The third-order valence-corrected chi connectivity index (χ3v) is 2.32. The first-order valence-corrected chi connectivity index (χ1v) is 5.20. The number of phenols is 1. The molecule has 1 aromatic rings. The second kappa shape index (κ2) is 5.43. The molecule has 0 saturated heterocycles. The predicted molar refractivity (Wildman–Crippen MR) is 56.5 cm³/mol. The van der Waals surface area contributed by atoms with Crippen LogP contribution in [0.15, 0.2) is 12.1 Å². The van der Waals surface area contributed by atoms with Crippen LogP contribution in [-0.2, 0) is 9.53 Å². The molecule has 1 atom stereocenters. The molecule has 3 N–H and O–H groups in total. The van der Waals surface area contributed by atoms with Gasteiger partial charge in [0.15, 0.2) is 0 Å². The first-order chi connectivity index (χ1) is 8.71. The number of carbonyl (C=O) groups is 1. The minimum atomic E-state index is -4.26. The fourth-order valence-electron chi connectivity index (χ4n) is 1.41. The molecule has 1 aromatic carbocycles. The zero-order valence-electron chi connectivity index (χ0n) is 9.79. The number of hydrogen-bond donors (Lipinski definition) is 2. The summed E-state index contributed by atoms with van der Waals surface area (Å²) < 4.78 is 57.4. The largest absolute Gasteiger partial charge is 0.507 e. The standard InChI is InChI=1S/C11H11F4NO3/c1-2-19-10(18)11(14,15)9(16)8-6(13)3-5(12)4-7(8)17/h3-4,9,17H,2,16H2,1H3/t9-/m0/s1. The molecule has 0 unspecified atom stereocenters. The van der Waals surface area contributed by atoms with Crippen LogP contribution in [0, 0.1) is 11.6 Å². The minimum Gasteiger partial charge on any atom is -0.507 e. The average molecular weight is 281 g/mol. The third kappa shape index (κ3) is 2.95. The Hall–Kier alpha value is -1.83. The van der Waals surface area contributed by atoms with E-state index in [1.807, 2.05) is 0 Å². The summed E-state index contributed by atoms with van der Waals surface area (Å²) in [6.07, 6.45) is 0. The van der Waals surface area contributed by atoms with E-state index in [1.54, 1.807) is 0 Å². The quantitative estimate of drug-likeness (QED) is 0.652. The smallest absolute Gasteiger partial charge is 0.379 e. The molecule has 0 fully saturated rings. The van der Waals surface area contributed by atoms with Crippen LogP contribution < -0.4 is 5.73 Å². The maximum Gasteiger partial charge on any atom is 0.379 e. The Labute approximate surface area is 105 Å². The summed E-state index contributed by atoms with van der Waals surface area (Å²) in [5.74, 6) is -9.95. The van der Waals surface area contributed by atoms with Crippen LogP contribution in [0.5, 0.6) is 5.75 Å². The number of carbonyl (C=O) groups excluding carboxylic acids is 1. The Kier molecular flexibility index (Phi) is 4.35. The van der Waals surface area contributed by atoms with Crippen molar-refractivity contribution >= 4 is 5.97 Å². The second-order valence-electron chi connectivity index (χ2n) is 3.64. The Morgan fingerprint density at radius 2 is 2.05 bits per heavy atom. The first-order valence-electron chi connectivity index (χ1n) is 5.20. The number of phenolic OH excluding ortho intramolecular Hbond substituents is 1. The molecule has 0 spiro atoms. The molecular formula is C11H11F4NO3. The van der Waals surface area contributed by atoms with Gasteiger partial charge in [-0.05, 0) is 6.92 Å². The molecule has 0 bridgehead atoms. The SMILES string of the molecule is CCOC(=O)C(F)(F)[C@@H](N)c1c(O)cc(F)cc1F. The normalized spacial score (nSPS) is 13.2. The van der Waals surface area contributed by atoms with Gasteiger partial charge in [-0.2, -0.15) is 8.78 Å². The summed E-state index contributed by atoms with van der Waals surface area (Å²) in [7, 11) is 0. The van der Waals surface area contributed by atoms with Gasteiger partial charge in [0, 0.05) is 12.1 Å². The van der Waals surface area contributed by atoms with Crippen molar-refractivity contribution in [1.82, 2.24) is 0 Å². The fraction of sp³-hybridized carbons (Fsp3) is 0.364. The van der Waals surface area contributed by atoms with Crippen molar-refractivity contribution in [1.29, 1.82) is 0 Å². The molecule has 0 saturated carbocycles. The molecule has 0 heterocycles. The number of ether oxygens (including phenoxy) is 1. The van der Waals surface area contributed by atoms with Gasteiger partial charge in [0.05, 0.1) is 12.2 Å². The number of nitrogens with two attached hydrogens (primary N) is 1. The minimum absolute atomic E-state index is 0.274. The molecule has 0 aromatic heterocycles. The molecule has 19 heavy (non-hydrogen) atoms. The lowest BCUT2D eigenvalue weighted by Gasteiger charge is -2.22. The third-order valence-electron chi connectivity index (χ3n) is 2.32. The highest BCUT2D eigenvalue weighted by atomic mass is 19.3. The number of esters is 1. The summed E-state index contributed by atoms with van der Waals surface area (Å²) >= 11 is 0.